The lowest BCUT2D eigenvalue weighted by atomic mass is 10.1. The molecule has 5 nitrogen and oxygen atoms in total. The van der Waals surface area contributed by atoms with Gasteiger partial charge < -0.3 is 15.2 Å². The van der Waals surface area contributed by atoms with Gasteiger partial charge in [0.05, 0.1) is 19.8 Å². The lowest BCUT2D eigenvalue weighted by Crippen LogP contribution is -2.02. The first-order valence-electron chi connectivity index (χ1n) is 5.12. The summed E-state index contributed by atoms with van der Waals surface area (Å²) in [4.78, 5) is 22.2. The van der Waals surface area contributed by atoms with Crippen LogP contribution in [0.3, 0.4) is 0 Å². The highest BCUT2D eigenvalue weighted by molar-refractivity contribution is 5.90. The normalized spacial score (nSPS) is 9.00. The number of carbonyl (C=O) groups excluding carboxylic acids is 2. The molecule has 0 saturated carbocycles. The molecule has 5 heteroatoms. The first kappa shape index (κ1) is 13.6. The lowest BCUT2D eigenvalue weighted by molar-refractivity contribution is -0.139. The van der Waals surface area contributed by atoms with Crippen molar-refractivity contribution in [1.82, 2.24) is 0 Å². The van der Waals surface area contributed by atoms with E-state index in [1.807, 2.05) is 0 Å². The minimum absolute atomic E-state index is 0.0294. The number of hydrogen-bond acceptors (Lipinski definition) is 5. The summed E-state index contributed by atoms with van der Waals surface area (Å²) in [6.07, 6.45) is -0.0294. The van der Waals surface area contributed by atoms with Crippen molar-refractivity contribution < 1.29 is 19.1 Å². The zero-order valence-electron chi connectivity index (χ0n) is 10.1. The SMILES string of the molecule is COC(=O)CC#Cc1cc(C(=O)OC)ccc1N. The second-order valence-electron chi connectivity index (χ2n) is 3.35. The zero-order chi connectivity index (χ0) is 13.5. The highest BCUT2D eigenvalue weighted by Crippen LogP contribution is 2.13. The Morgan fingerprint density at radius 2 is 2.00 bits per heavy atom. The van der Waals surface area contributed by atoms with Gasteiger partial charge in [0, 0.05) is 11.3 Å². The molecule has 0 bridgehead atoms. The number of benzene rings is 1. The summed E-state index contributed by atoms with van der Waals surface area (Å²) in [5.74, 6) is 4.44. The maximum atomic E-state index is 11.3. The summed E-state index contributed by atoms with van der Waals surface area (Å²) in [7, 11) is 2.58. The highest BCUT2D eigenvalue weighted by atomic mass is 16.5. The molecule has 18 heavy (non-hydrogen) atoms. The van der Waals surface area contributed by atoms with Gasteiger partial charge in [0.1, 0.15) is 6.42 Å². The van der Waals surface area contributed by atoms with Crippen molar-refractivity contribution in [3.63, 3.8) is 0 Å². The number of nitrogen functional groups attached to an aromatic ring is 1. The van der Waals surface area contributed by atoms with Crippen LogP contribution in [0.25, 0.3) is 0 Å². The molecule has 0 amide bonds. The molecule has 0 heterocycles. The van der Waals surface area contributed by atoms with Crippen LogP contribution in [-0.4, -0.2) is 26.2 Å². The molecular formula is C13H13NO4. The van der Waals surface area contributed by atoms with E-state index in [4.69, 9.17) is 5.73 Å². The summed E-state index contributed by atoms with van der Waals surface area (Å²) in [6, 6.07) is 4.63. The van der Waals surface area contributed by atoms with Gasteiger partial charge in [-0.25, -0.2) is 4.79 Å². The van der Waals surface area contributed by atoms with Crippen LogP contribution in [0, 0.1) is 11.8 Å². The van der Waals surface area contributed by atoms with Gasteiger partial charge in [-0.3, -0.25) is 4.79 Å². The number of esters is 2. The van der Waals surface area contributed by atoms with Gasteiger partial charge in [0.15, 0.2) is 0 Å². The molecule has 0 radical (unpaired) electrons. The van der Waals surface area contributed by atoms with Gasteiger partial charge in [-0.05, 0) is 18.2 Å². The highest BCUT2D eigenvalue weighted by Gasteiger charge is 2.07. The number of methoxy groups -OCH3 is 2. The van der Waals surface area contributed by atoms with Gasteiger partial charge in [0.25, 0.3) is 0 Å². The number of carbonyl (C=O) groups is 2. The Hall–Kier alpha value is -2.48. The third-order valence-corrected chi connectivity index (χ3v) is 2.16. The molecule has 1 rings (SSSR count). The second-order valence-corrected chi connectivity index (χ2v) is 3.35. The van der Waals surface area contributed by atoms with E-state index in [1.54, 1.807) is 12.1 Å². The molecule has 0 atom stereocenters. The Labute approximate surface area is 105 Å². The third-order valence-electron chi connectivity index (χ3n) is 2.16. The van der Waals surface area contributed by atoms with Crippen LogP contribution >= 0.6 is 0 Å². The average molecular weight is 247 g/mol. The molecule has 0 aliphatic carbocycles. The maximum Gasteiger partial charge on any atom is 0.337 e. The summed E-state index contributed by atoms with van der Waals surface area (Å²) < 4.78 is 9.04. The fourth-order valence-electron chi connectivity index (χ4n) is 1.19. The van der Waals surface area contributed by atoms with E-state index in [0.29, 0.717) is 16.8 Å². The van der Waals surface area contributed by atoms with Crippen LogP contribution in [0.2, 0.25) is 0 Å². The van der Waals surface area contributed by atoms with Crippen LogP contribution in [0.4, 0.5) is 5.69 Å². The van der Waals surface area contributed by atoms with Crippen molar-refractivity contribution in [1.29, 1.82) is 0 Å². The quantitative estimate of drug-likeness (QED) is 0.478. The van der Waals surface area contributed by atoms with E-state index in [0.717, 1.165) is 0 Å². The average Bonchev–Trinajstić information content (AvgIpc) is 2.39. The molecule has 1 aromatic rings. The van der Waals surface area contributed by atoms with Gasteiger partial charge in [-0.15, -0.1) is 0 Å². The molecule has 94 valence electrons. The summed E-state index contributed by atoms with van der Waals surface area (Å²) in [5, 5.41) is 0. The third kappa shape index (κ3) is 3.52. The summed E-state index contributed by atoms with van der Waals surface area (Å²) in [5.41, 5.74) is 6.97. The molecule has 0 saturated heterocycles. The van der Waals surface area contributed by atoms with E-state index >= 15 is 0 Å². The van der Waals surface area contributed by atoms with Crippen LogP contribution in [0.15, 0.2) is 18.2 Å². The second kappa shape index (κ2) is 6.30. The number of rotatable bonds is 2. The number of nitrogens with two attached hydrogens (primary N) is 1. The van der Waals surface area contributed by atoms with E-state index in [9.17, 15) is 9.59 Å². The number of ether oxygens (including phenoxy) is 2. The Bertz CT molecular complexity index is 526. The Kier molecular flexibility index (Phi) is 4.76. The molecule has 0 aliphatic heterocycles. The number of anilines is 1. The monoisotopic (exact) mass is 247 g/mol. The minimum Gasteiger partial charge on any atom is -0.468 e. The largest absolute Gasteiger partial charge is 0.468 e. The molecule has 1 aromatic carbocycles. The molecule has 0 fully saturated rings. The standard InChI is InChI=1S/C13H13NO4/c1-17-12(15)5-3-4-9-8-10(13(16)18-2)6-7-11(9)14/h6-8H,5,14H2,1-2H3. The van der Waals surface area contributed by atoms with Crippen LogP contribution < -0.4 is 5.73 Å². The van der Waals surface area contributed by atoms with Crippen molar-refractivity contribution in [2.45, 2.75) is 6.42 Å². The molecule has 0 aromatic heterocycles. The van der Waals surface area contributed by atoms with Crippen molar-refractivity contribution in [3.05, 3.63) is 29.3 Å². The number of hydrogen-bond donors (Lipinski definition) is 1. The smallest absolute Gasteiger partial charge is 0.337 e. The topological polar surface area (TPSA) is 78.6 Å². The predicted molar refractivity (Wildman–Crippen MR) is 65.7 cm³/mol. The van der Waals surface area contributed by atoms with Gasteiger partial charge >= 0.3 is 11.9 Å². The van der Waals surface area contributed by atoms with Gasteiger partial charge in [-0.1, -0.05) is 11.8 Å². The first-order valence-corrected chi connectivity index (χ1v) is 5.12. The van der Waals surface area contributed by atoms with Crippen LogP contribution in [0.5, 0.6) is 0 Å². The van der Waals surface area contributed by atoms with E-state index < -0.39 is 11.9 Å². The van der Waals surface area contributed by atoms with E-state index in [2.05, 4.69) is 21.3 Å². The fraction of sp³-hybridized carbons (Fsp3) is 0.231. The molecule has 0 spiro atoms. The molecule has 2 N–H and O–H groups in total. The van der Waals surface area contributed by atoms with Crippen molar-refractivity contribution in [2.75, 3.05) is 20.0 Å². The van der Waals surface area contributed by atoms with Gasteiger partial charge in [-0.2, -0.15) is 0 Å². The van der Waals surface area contributed by atoms with E-state index in [-0.39, 0.29) is 6.42 Å². The Morgan fingerprint density at radius 1 is 1.28 bits per heavy atom. The van der Waals surface area contributed by atoms with Gasteiger partial charge in [0.2, 0.25) is 0 Å². The minimum atomic E-state index is -0.467. The molecule has 0 unspecified atom stereocenters. The van der Waals surface area contributed by atoms with Crippen molar-refractivity contribution in [3.8, 4) is 11.8 Å². The Balaban J connectivity index is 2.94. The van der Waals surface area contributed by atoms with Crippen LogP contribution in [-0.2, 0) is 14.3 Å². The van der Waals surface area contributed by atoms with Crippen LogP contribution in [0.1, 0.15) is 22.3 Å². The summed E-state index contributed by atoms with van der Waals surface area (Å²) in [6.45, 7) is 0. The molecular weight excluding hydrogens is 234 g/mol. The maximum absolute atomic E-state index is 11.3. The predicted octanol–water partition coefficient (Wildman–Crippen LogP) is 0.970. The first-order chi connectivity index (χ1) is 8.58. The van der Waals surface area contributed by atoms with Crippen molar-refractivity contribution in [2.24, 2.45) is 0 Å². The fourth-order valence-corrected chi connectivity index (χ4v) is 1.19. The molecule has 0 aliphatic rings. The van der Waals surface area contributed by atoms with E-state index in [1.165, 1.54) is 20.3 Å². The van der Waals surface area contributed by atoms with Crippen molar-refractivity contribution >= 4 is 17.6 Å². The summed E-state index contributed by atoms with van der Waals surface area (Å²) >= 11 is 0. The zero-order valence-corrected chi connectivity index (χ0v) is 10.1. The lowest BCUT2D eigenvalue weighted by Gasteiger charge is -2.02. The Morgan fingerprint density at radius 3 is 2.61 bits per heavy atom.